The summed E-state index contributed by atoms with van der Waals surface area (Å²) in [6.45, 7) is 1.61. The number of hydrogen-bond donors (Lipinski definition) is 4. The average Bonchev–Trinajstić information content (AvgIpc) is 3.34. The lowest BCUT2D eigenvalue weighted by atomic mass is 9.53. The Kier molecular flexibility index (Phi) is 6.55. The lowest BCUT2D eigenvalue weighted by Crippen LogP contribution is -2.62. The summed E-state index contributed by atoms with van der Waals surface area (Å²) in [5.74, 6) is -0.202. The highest BCUT2D eigenvalue weighted by atomic mass is 19.1. The molecule has 4 fully saturated rings. The Balaban J connectivity index is 1.05. The third-order valence-corrected chi connectivity index (χ3v) is 9.19. The summed E-state index contributed by atoms with van der Waals surface area (Å²) in [6.07, 6.45) is 7.59. The average molecular weight is 590 g/mol. The molecule has 3 aromatic rings. The lowest BCUT2D eigenvalue weighted by molar-refractivity contribution is -0.128. The van der Waals surface area contributed by atoms with Gasteiger partial charge >= 0.3 is 0 Å². The Morgan fingerprint density at radius 1 is 1.12 bits per heavy atom. The summed E-state index contributed by atoms with van der Waals surface area (Å²) in [5.41, 5.74) is 0.328. The van der Waals surface area contributed by atoms with E-state index in [-0.39, 0.29) is 47.5 Å². The third-order valence-electron chi connectivity index (χ3n) is 9.19. The Hall–Kier alpha value is -4.55. The van der Waals surface area contributed by atoms with Crippen LogP contribution < -0.4 is 26.0 Å². The molecule has 12 nitrogen and oxygen atoms in total. The standard InChI is InChI=1S/C30H32FN7O5/c1-15(27(40)37-30-9-17-4-18(10-30)6-19(5-17)11-30)34-29(42)23-8-22(36-26-20(31)13-33-38(23)26)28(41)32-12-16-2-3-24-21(7-16)35-25(39)14-43-24/h2-3,7-8,13,15,17-19H,4-6,9-12,14H2,1H3,(H,32,41)(H,34,42)(H,35,39)(H,37,40)/t15-,17?,18?,19?,30?/m0/s1. The number of halogens is 1. The fourth-order valence-corrected chi connectivity index (χ4v) is 7.70. The van der Waals surface area contributed by atoms with Crippen LogP contribution >= 0.6 is 0 Å². The van der Waals surface area contributed by atoms with Crippen LogP contribution in [0.4, 0.5) is 10.1 Å². The third kappa shape index (κ3) is 5.17. The van der Waals surface area contributed by atoms with Crippen molar-refractivity contribution in [3.63, 3.8) is 0 Å². The predicted octanol–water partition coefficient (Wildman–Crippen LogP) is 2.33. The van der Waals surface area contributed by atoms with Gasteiger partial charge in [-0.05, 0) is 80.9 Å². The van der Waals surface area contributed by atoms with Gasteiger partial charge in [0.25, 0.3) is 17.7 Å². The van der Waals surface area contributed by atoms with Crippen LogP contribution in [0.5, 0.6) is 5.75 Å². The van der Waals surface area contributed by atoms with Gasteiger partial charge in [-0.3, -0.25) is 19.2 Å². The number of benzene rings is 1. The number of anilines is 1. The molecule has 1 atom stereocenters. The molecule has 13 heteroatoms. The smallest absolute Gasteiger partial charge is 0.270 e. The van der Waals surface area contributed by atoms with E-state index in [1.807, 2.05) is 0 Å². The van der Waals surface area contributed by atoms with Crippen LogP contribution in [0.15, 0.2) is 30.5 Å². The van der Waals surface area contributed by atoms with Gasteiger partial charge in [0.05, 0.1) is 11.9 Å². The first-order valence-corrected chi connectivity index (χ1v) is 14.7. The summed E-state index contributed by atoms with van der Waals surface area (Å²) in [7, 11) is 0. The van der Waals surface area contributed by atoms with E-state index >= 15 is 0 Å². The minimum absolute atomic E-state index is 0.0657. The zero-order valence-corrected chi connectivity index (χ0v) is 23.6. The molecule has 2 aromatic heterocycles. The van der Waals surface area contributed by atoms with Crippen LogP contribution in [-0.4, -0.2) is 56.4 Å². The topological polar surface area (TPSA) is 156 Å². The normalized spacial score (nSPS) is 25.8. The van der Waals surface area contributed by atoms with Gasteiger partial charge in [0.2, 0.25) is 5.91 Å². The Labute approximate surface area is 246 Å². The van der Waals surface area contributed by atoms with Crippen LogP contribution in [0.2, 0.25) is 0 Å². The molecule has 5 aliphatic rings. The number of carbonyl (C=O) groups is 4. The molecule has 0 saturated heterocycles. The van der Waals surface area contributed by atoms with Crippen LogP contribution in [0.25, 0.3) is 5.65 Å². The summed E-state index contributed by atoms with van der Waals surface area (Å²) in [6, 6.07) is 5.45. The number of carbonyl (C=O) groups excluding carboxylic acids is 4. The highest BCUT2D eigenvalue weighted by molar-refractivity contribution is 6.00. The maximum Gasteiger partial charge on any atom is 0.270 e. The molecule has 4 aliphatic carbocycles. The van der Waals surface area contributed by atoms with Crippen LogP contribution in [0, 0.1) is 23.6 Å². The van der Waals surface area contributed by atoms with Crippen molar-refractivity contribution in [2.24, 2.45) is 17.8 Å². The molecule has 224 valence electrons. The summed E-state index contributed by atoms with van der Waals surface area (Å²) < 4.78 is 20.9. The predicted molar refractivity (Wildman–Crippen MR) is 151 cm³/mol. The molecule has 4 saturated carbocycles. The number of nitrogens with zero attached hydrogens (tertiary/aromatic N) is 3. The van der Waals surface area contributed by atoms with Crippen molar-refractivity contribution < 1.29 is 28.3 Å². The van der Waals surface area contributed by atoms with Crippen molar-refractivity contribution in [1.82, 2.24) is 30.5 Å². The second-order valence-electron chi connectivity index (χ2n) is 12.5. The highest BCUT2D eigenvalue weighted by Crippen LogP contribution is 2.55. The van der Waals surface area contributed by atoms with Crippen molar-refractivity contribution in [1.29, 1.82) is 0 Å². The summed E-state index contributed by atoms with van der Waals surface area (Å²) in [5, 5.41) is 15.3. The van der Waals surface area contributed by atoms with Crippen molar-refractivity contribution >= 4 is 35.0 Å². The van der Waals surface area contributed by atoms with Crippen molar-refractivity contribution in [3.05, 3.63) is 53.2 Å². The molecule has 0 radical (unpaired) electrons. The Morgan fingerprint density at radius 3 is 2.56 bits per heavy atom. The van der Waals surface area contributed by atoms with Gasteiger partial charge in [-0.2, -0.15) is 5.10 Å². The molecule has 8 rings (SSSR count). The van der Waals surface area contributed by atoms with E-state index in [4.69, 9.17) is 4.74 Å². The van der Waals surface area contributed by atoms with Crippen LogP contribution in [0.3, 0.4) is 0 Å². The second-order valence-corrected chi connectivity index (χ2v) is 12.5. The van der Waals surface area contributed by atoms with Crippen molar-refractivity contribution in [2.75, 3.05) is 11.9 Å². The van der Waals surface area contributed by atoms with E-state index in [9.17, 15) is 23.6 Å². The van der Waals surface area contributed by atoms with Gasteiger partial charge in [0.1, 0.15) is 23.2 Å². The zero-order chi connectivity index (χ0) is 29.9. The summed E-state index contributed by atoms with van der Waals surface area (Å²) in [4.78, 5) is 55.4. The quantitative estimate of drug-likeness (QED) is 0.330. The SMILES string of the molecule is C[C@H](NC(=O)c1cc(C(=O)NCc2ccc3c(c2)NC(=O)CO3)nc2c(F)cnn12)C(=O)NC12CC3CC(CC(C3)C1)C2. The van der Waals surface area contributed by atoms with E-state index in [0.29, 0.717) is 34.8 Å². The molecule has 0 spiro atoms. The molecular weight excluding hydrogens is 557 g/mol. The molecule has 0 unspecified atom stereocenters. The van der Waals surface area contributed by atoms with Crippen LogP contribution in [0.1, 0.15) is 72.0 Å². The number of rotatable bonds is 7. The van der Waals surface area contributed by atoms with E-state index in [1.165, 1.54) is 25.3 Å². The van der Waals surface area contributed by atoms with Gasteiger partial charge in [-0.15, -0.1) is 0 Å². The van der Waals surface area contributed by atoms with Gasteiger partial charge in [-0.25, -0.2) is 13.9 Å². The first-order chi connectivity index (χ1) is 20.6. The van der Waals surface area contributed by atoms with Crippen molar-refractivity contribution in [2.45, 2.75) is 63.6 Å². The number of nitrogens with one attached hydrogen (secondary N) is 4. The monoisotopic (exact) mass is 589 g/mol. The van der Waals surface area contributed by atoms with Crippen LogP contribution in [-0.2, 0) is 16.1 Å². The number of fused-ring (bicyclic) bond motifs is 2. The van der Waals surface area contributed by atoms with Crippen molar-refractivity contribution in [3.8, 4) is 5.75 Å². The second kappa shape index (κ2) is 10.3. The number of amides is 4. The molecule has 3 heterocycles. The molecular formula is C30H32FN7O5. The fraction of sp³-hybridized carbons (Fsp3) is 0.467. The summed E-state index contributed by atoms with van der Waals surface area (Å²) >= 11 is 0. The Morgan fingerprint density at radius 2 is 1.84 bits per heavy atom. The lowest BCUT2D eigenvalue weighted by Gasteiger charge is -2.57. The molecule has 4 amide bonds. The maximum atomic E-state index is 14.6. The number of aromatic nitrogens is 3. The Bertz CT molecular complexity index is 1630. The molecule has 4 bridgehead atoms. The maximum absolute atomic E-state index is 14.6. The molecule has 1 aromatic carbocycles. The minimum atomic E-state index is -0.866. The fourth-order valence-electron chi connectivity index (χ4n) is 7.70. The molecule has 43 heavy (non-hydrogen) atoms. The first-order valence-electron chi connectivity index (χ1n) is 14.7. The minimum Gasteiger partial charge on any atom is -0.482 e. The van der Waals surface area contributed by atoms with Gasteiger partial charge in [0, 0.05) is 18.2 Å². The van der Waals surface area contributed by atoms with E-state index in [1.54, 1.807) is 25.1 Å². The van der Waals surface area contributed by atoms with Gasteiger partial charge in [-0.1, -0.05) is 6.07 Å². The largest absolute Gasteiger partial charge is 0.482 e. The van der Waals surface area contributed by atoms with Gasteiger partial charge < -0.3 is 26.0 Å². The highest BCUT2D eigenvalue weighted by Gasteiger charge is 2.51. The van der Waals surface area contributed by atoms with Gasteiger partial charge in [0.15, 0.2) is 18.1 Å². The number of ether oxygens (including phenoxy) is 1. The molecule has 1 aliphatic heterocycles. The zero-order valence-electron chi connectivity index (χ0n) is 23.6. The van der Waals surface area contributed by atoms with E-state index in [0.717, 1.165) is 30.0 Å². The molecule has 4 N–H and O–H groups in total. The van der Waals surface area contributed by atoms with E-state index in [2.05, 4.69) is 31.3 Å². The first kappa shape index (κ1) is 27.3. The van der Waals surface area contributed by atoms with E-state index < -0.39 is 23.7 Å². The number of hydrogen-bond acceptors (Lipinski definition) is 7.